The van der Waals surface area contributed by atoms with Gasteiger partial charge in [-0.15, -0.1) is 0 Å². The Balaban J connectivity index is 1.46. The van der Waals surface area contributed by atoms with Crippen molar-refractivity contribution < 1.29 is 17.9 Å². The van der Waals surface area contributed by atoms with E-state index in [0.29, 0.717) is 23.5 Å². The zero-order valence-corrected chi connectivity index (χ0v) is 19.0. The molecular formula is C25H26N2O4S. The summed E-state index contributed by atoms with van der Waals surface area (Å²) in [5.41, 5.74) is 4.24. The molecule has 4 rings (SSSR count). The Kier molecular flexibility index (Phi) is 6.19. The first-order valence-corrected chi connectivity index (χ1v) is 12.0. The normalized spacial score (nSPS) is 13.4. The van der Waals surface area contributed by atoms with E-state index in [1.54, 1.807) is 19.1 Å². The summed E-state index contributed by atoms with van der Waals surface area (Å²) < 4.78 is 33.8. The van der Waals surface area contributed by atoms with Gasteiger partial charge < -0.3 is 10.1 Å². The van der Waals surface area contributed by atoms with Gasteiger partial charge in [0.05, 0.1) is 10.6 Å². The minimum atomic E-state index is -3.69. The van der Waals surface area contributed by atoms with E-state index in [-0.39, 0.29) is 17.4 Å². The fourth-order valence-electron chi connectivity index (χ4n) is 3.80. The molecule has 1 amide bonds. The Bertz CT molecular complexity index is 1240. The highest BCUT2D eigenvalue weighted by molar-refractivity contribution is 7.92. The van der Waals surface area contributed by atoms with Crippen LogP contribution in [0.1, 0.15) is 23.1 Å². The van der Waals surface area contributed by atoms with Crippen LogP contribution < -0.4 is 14.4 Å². The van der Waals surface area contributed by atoms with Crippen LogP contribution in [-0.2, 0) is 21.2 Å². The van der Waals surface area contributed by atoms with Gasteiger partial charge in [-0.2, -0.15) is 0 Å². The van der Waals surface area contributed by atoms with Crippen molar-refractivity contribution in [3.8, 4) is 5.75 Å². The van der Waals surface area contributed by atoms with E-state index in [1.165, 1.54) is 10.4 Å². The minimum Gasteiger partial charge on any atom is -0.483 e. The van der Waals surface area contributed by atoms with Crippen LogP contribution in [0.3, 0.4) is 0 Å². The van der Waals surface area contributed by atoms with Crippen LogP contribution in [0.4, 0.5) is 11.4 Å². The van der Waals surface area contributed by atoms with Gasteiger partial charge in [0.25, 0.3) is 15.9 Å². The number of nitrogens with zero attached hydrogens (tertiary/aromatic N) is 1. The number of anilines is 2. The van der Waals surface area contributed by atoms with Crippen molar-refractivity contribution in [3.63, 3.8) is 0 Å². The number of hydrogen-bond donors (Lipinski definition) is 1. The van der Waals surface area contributed by atoms with E-state index in [4.69, 9.17) is 4.74 Å². The van der Waals surface area contributed by atoms with Crippen molar-refractivity contribution >= 4 is 27.3 Å². The Morgan fingerprint density at radius 1 is 1.03 bits per heavy atom. The first-order valence-electron chi connectivity index (χ1n) is 10.6. The van der Waals surface area contributed by atoms with Crippen LogP contribution in [-0.4, -0.2) is 27.5 Å². The number of rotatable bonds is 6. The molecule has 0 aromatic heterocycles. The highest BCUT2D eigenvalue weighted by Crippen LogP contribution is 2.33. The van der Waals surface area contributed by atoms with Crippen LogP contribution in [0, 0.1) is 13.8 Å². The summed E-state index contributed by atoms with van der Waals surface area (Å²) >= 11 is 0. The van der Waals surface area contributed by atoms with Gasteiger partial charge in [-0.3, -0.25) is 9.10 Å². The molecule has 3 aromatic rings. The number of carbonyl (C=O) groups is 1. The molecule has 0 unspecified atom stereocenters. The summed E-state index contributed by atoms with van der Waals surface area (Å²) in [5.74, 6) is 0.192. The Labute approximate surface area is 188 Å². The molecule has 0 spiro atoms. The average molecular weight is 451 g/mol. The summed E-state index contributed by atoms with van der Waals surface area (Å²) in [7, 11) is -3.69. The number of aryl methyl sites for hydroxylation is 3. The number of nitrogens with one attached hydrogen (secondary N) is 1. The van der Waals surface area contributed by atoms with Gasteiger partial charge in [0.1, 0.15) is 5.75 Å². The molecule has 1 heterocycles. The second kappa shape index (κ2) is 9.04. The molecule has 166 valence electrons. The van der Waals surface area contributed by atoms with Crippen LogP contribution in [0.25, 0.3) is 0 Å². The number of para-hydroxylation sites is 1. The minimum absolute atomic E-state index is 0.166. The lowest BCUT2D eigenvalue weighted by Crippen LogP contribution is -2.35. The van der Waals surface area contributed by atoms with Crippen LogP contribution in [0.15, 0.2) is 71.6 Å². The molecule has 0 atom stereocenters. The van der Waals surface area contributed by atoms with E-state index in [0.717, 1.165) is 29.7 Å². The predicted molar refractivity (Wildman–Crippen MR) is 126 cm³/mol. The molecule has 7 heteroatoms. The van der Waals surface area contributed by atoms with E-state index >= 15 is 0 Å². The first kappa shape index (κ1) is 21.9. The van der Waals surface area contributed by atoms with E-state index < -0.39 is 10.0 Å². The van der Waals surface area contributed by atoms with Gasteiger partial charge >= 0.3 is 0 Å². The third kappa shape index (κ3) is 4.62. The maximum atomic E-state index is 13.3. The number of carbonyl (C=O) groups excluding carboxylic acids is 1. The molecule has 0 bridgehead atoms. The number of sulfonamides is 1. The summed E-state index contributed by atoms with van der Waals surface area (Å²) in [6, 6.07) is 19.8. The molecule has 3 aromatic carbocycles. The Hall–Kier alpha value is -3.32. The third-order valence-electron chi connectivity index (χ3n) is 5.50. The van der Waals surface area contributed by atoms with Crippen LogP contribution in [0.5, 0.6) is 5.75 Å². The van der Waals surface area contributed by atoms with Crippen molar-refractivity contribution in [2.45, 2.75) is 31.6 Å². The maximum absolute atomic E-state index is 13.3. The van der Waals surface area contributed by atoms with Crippen molar-refractivity contribution in [2.75, 3.05) is 22.8 Å². The SMILES string of the molecule is Cc1ccc(NC(=O)COc2ccc(S(=O)(=O)N3CCCc4ccccc43)cc2C)cc1. The molecule has 1 aliphatic rings. The topological polar surface area (TPSA) is 75.7 Å². The van der Waals surface area contributed by atoms with E-state index in [9.17, 15) is 13.2 Å². The van der Waals surface area contributed by atoms with E-state index in [2.05, 4.69) is 5.32 Å². The Morgan fingerprint density at radius 3 is 2.53 bits per heavy atom. The van der Waals surface area contributed by atoms with Gasteiger partial charge in [0.15, 0.2) is 6.61 Å². The third-order valence-corrected chi connectivity index (χ3v) is 7.31. The molecule has 32 heavy (non-hydrogen) atoms. The molecule has 0 saturated heterocycles. The highest BCUT2D eigenvalue weighted by Gasteiger charge is 2.29. The van der Waals surface area contributed by atoms with Gasteiger partial charge in [0, 0.05) is 12.2 Å². The number of ether oxygens (including phenoxy) is 1. The molecule has 0 aliphatic carbocycles. The van der Waals surface area contributed by atoms with Gasteiger partial charge in [-0.25, -0.2) is 8.42 Å². The fourth-order valence-corrected chi connectivity index (χ4v) is 5.42. The molecule has 1 aliphatic heterocycles. The zero-order chi connectivity index (χ0) is 22.7. The summed E-state index contributed by atoms with van der Waals surface area (Å²) in [4.78, 5) is 12.4. The van der Waals surface area contributed by atoms with Crippen LogP contribution in [0.2, 0.25) is 0 Å². The van der Waals surface area contributed by atoms with Crippen molar-refractivity contribution in [1.82, 2.24) is 0 Å². The average Bonchev–Trinajstić information content (AvgIpc) is 2.79. The second-order valence-electron chi connectivity index (χ2n) is 7.94. The standard InChI is InChI=1S/C25H26N2O4S/c1-18-9-11-21(12-10-18)26-25(28)17-31-24-14-13-22(16-19(24)2)32(29,30)27-15-5-7-20-6-3-4-8-23(20)27/h3-4,6,8-14,16H,5,7,15,17H2,1-2H3,(H,26,28). The zero-order valence-electron chi connectivity index (χ0n) is 18.2. The van der Waals surface area contributed by atoms with Crippen molar-refractivity contribution in [2.24, 2.45) is 0 Å². The molecule has 6 nitrogen and oxygen atoms in total. The van der Waals surface area contributed by atoms with Crippen molar-refractivity contribution in [3.05, 3.63) is 83.4 Å². The molecule has 0 fully saturated rings. The quantitative estimate of drug-likeness (QED) is 0.602. The second-order valence-corrected chi connectivity index (χ2v) is 9.80. The largest absolute Gasteiger partial charge is 0.483 e. The monoisotopic (exact) mass is 450 g/mol. The lowest BCUT2D eigenvalue weighted by atomic mass is 10.0. The lowest BCUT2D eigenvalue weighted by Gasteiger charge is -2.30. The summed E-state index contributed by atoms with van der Waals surface area (Å²) in [6.07, 6.45) is 1.66. The molecule has 0 radical (unpaired) electrons. The number of benzene rings is 3. The molecule has 0 saturated carbocycles. The highest BCUT2D eigenvalue weighted by atomic mass is 32.2. The number of fused-ring (bicyclic) bond motifs is 1. The smallest absolute Gasteiger partial charge is 0.264 e. The molecular weight excluding hydrogens is 424 g/mol. The predicted octanol–water partition coefficient (Wildman–Crippen LogP) is 4.46. The number of hydrogen-bond acceptors (Lipinski definition) is 4. The van der Waals surface area contributed by atoms with Gasteiger partial charge in [-0.05, 0) is 74.2 Å². The summed E-state index contributed by atoms with van der Waals surface area (Å²) in [6.45, 7) is 4.04. The first-order chi connectivity index (χ1) is 15.3. The van der Waals surface area contributed by atoms with Crippen LogP contribution >= 0.6 is 0 Å². The fraction of sp³-hybridized carbons (Fsp3) is 0.240. The number of amides is 1. The Morgan fingerprint density at radius 2 is 1.78 bits per heavy atom. The van der Waals surface area contributed by atoms with E-state index in [1.807, 2.05) is 55.5 Å². The lowest BCUT2D eigenvalue weighted by molar-refractivity contribution is -0.118. The maximum Gasteiger partial charge on any atom is 0.264 e. The van der Waals surface area contributed by atoms with Gasteiger partial charge in [-0.1, -0.05) is 35.9 Å². The van der Waals surface area contributed by atoms with Gasteiger partial charge in [0.2, 0.25) is 0 Å². The molecule has 1 N–H and O–H groups in total. The van der Waals surface area contributed by atoms with Crippen molar-refractivity contribution in [1.29, 1.82) is 0 Å². The summed E-state index contributed by atoms with van der Waals surface area (Å²) in [5, 5.41) is 2.78.